The average molecular weight is 213 g/mol. The van der Waals surface area contributed by atoms with Gasteiger partial charge in [-0.25, -0.2) is 0 Å². The predicted molar refractivity (Wildman–Crippen MR) is 64.9 cm³/mol. The van der Waals surface area contributed by atoms with Gasteiger partial charge >= 0.3 is 0 Å². The van der Waals surface area contributed by atoms with Crippen molar-refractivity contribution < 1.29 is 5.11 Å². The van der Waals surface area contributed by atoms with Crippen LogP contribution in [0.15, 0.2) is 0 Å². The Hall–Kier alpha value is -0.0800. The van der Waals surface area contributed by atoms with Crippen molar-refractivity contribution in [3.05, 3.63) is 0 Å². The highest BCUT2D eigenvalue weighted by Crippen LogP contribution is 2.37. The molecule has 2 atom stereocenters. The molecule has 0 heterocycles. The molecule has 0 unspecified atom stereocenters. The minimum absolute atomic E-state index is 0.305. The predicted octanol–water partition coefficient (Wildman–Crippen LogP) is 2.56. The van der Waals surface area contributed by atoms with Crippen LogP contribution >= 0.6 is 0 Å². The molecule has 0 aromatic rings. The van der Waals surface area contributed by atoms with E-state index in [1.807, 2.05) is 0 Å². The molecule has 90 valence electrons. The second-order valence-corrected chi connectivity index (χ2v) is 5.89. The maximum Gasteiger partial charge on any atom is 0.0443 e. The molecule has 0 bridgehead atoms. The van der Waals surface area contributed by atoms with E-state index in [1.54, 1.807) is 0 Å². The van der Waals surface area contributed by atoms with Gasteiger partial charge in [0.05, 0.1) is 0 Å². The van der Waals surface area contributed by atoms with Gasteiger partial charge in [0, 0.05) is 12.6 Å². The van der Waals surface area contributed by atoms with Crippen LogP contribution in [0.5, 0.6) is 0 Å². The average Bonchev–Trinajstić information content (AvgIpc) is 2.17. The van der Waals surface area contributed by atoms with E-state index >= 15 is 0 Å². The van der Waals surface area contributed by atoms with Crippen LogP contribution in [0, 0.1) is 11.3 Å². The summed E-state index contributed by atoms with van der Waals surface area (Å²) in [7, 11) is 0. The largest absolute Gasteiger partial charge is 0.396 e. The first-order chi connectivity index (χ1) is 7.05. The van der Waals surface area contributed by atoms with Crippen LogP contribution in [-0.4, -0.2) is 24.3 Å². The second-order valence-electron chi connectivity index (χ2n) is 5.89. The van der Waals surface area contributed by atoms with Crippen molar-refractivity contribution in [1.82, 2.24) is 5.32 Å². The molecule has 0 saturated heterocycles. The minimum Gasteiger partial charge on any atom is -0.396 e. The maximum atomic E-state index is 8.78. The third kappa shape index (κ3) is 4.12. The van der Waals surface area contributed by atoms with Gasteiger partial charge < -0.3 is 10.4 Å². The van der Waals surface area contributed by atoms with Gasteiger partial charge in [0.1, 0.15) is 0 Å². The molecule has 2 heteroatoms. The summed E-state index contributed by atoms with van der Waals surface area (Å²) in [6, 6.07) is 0.672. The third-order valence-corrected chi connectivity index (χ3v) is 3.62. The minimum atomic E-state index is 0.305. The van der Waals surface area contributed by atoms with E-state index in [2.05, 4.69) is 26.1 Å². The van der Waals surface area contributed by atoms with Gasteiger partial charge in [-0.15, -0.1) is 0 Å². The quantitative estimate of drug-likeness (QED) is 0.703. The van der Waals surface area contributed by atoms with Crippen LogP contribution in [0.3, 0.4) is 0 Å². The Bertz CT molecular complexity index is 174. The van der Waals surface area contributed by atoms with Gasteiger partial charge in [0.15, 0.2) is 0 Å². The molecule has 2 nitrogen and oxygen atoms in total. The van der Waals surface area contributed by atoms with Crippen LogP contribution in [-0.2, 0) is 0 Å². The molecule has 0 spiro atoms. The van der Waals surface area contributed by atoms with Gasteiger partial charge in [-0.2, -0.15) is 0 Å². The van der Waals surface area contributed by atoms with E-state index in [0.29, 0.717) is 18.1 Å². The van der Waals surface area contributed by atoms with Gasteiger partial charge in [0.2, 0.25) is 0 Å². The molecule has 1 rings (SSSR count). The summed E-state index contributed by atoms with van der Waals surface area (Å²) >= 11 is 0. The summed E-state index contributed by atoms with van der Waals surface area (Å²) in [5, 5.41) is 12.4. The standard InChI is InChI=1S/C13H27NO/c1-13(2,3)11-7-4-5-8-12(11)14-9-6-10-15/h11-12,14-15H,4-10H2,1-3H3/t11-,12-/m0/s1. The van der Waals surface area contributed by atoms with E-state index in [9.17, 15) is 0 Å². The molecular weight excluding hydrogens is 186 g/mol. The lowest BCUT2D eigenvalue weighted by atomic mass is 9.69. The van der Waals surface area contributed by atoms with E-state index in [-0.39, 0.29) is 0 Å². The van der Waals surface area contributed by atoms with Crippen molar-refractivity contribution in [2.75, 3.05) is 13.2 Å². The molecular formula is C13H27NO. The number of hydrogen-bond acceptors (Lipinski definition) is 2. The lowest BCUT2D eigenvalue weighted by molar-refractivity contribution is 0.129. The van der Waals surface area contributed by atoms with E-state index in [4.69, 9.17) is 5.11 Å². The first-order valence-electron chi connectivity index (χ1n) is 6.40. The summed E-state index contributed by atoms with van der Waals surface area (Å²) in [6.07, 6.45) is 6.31. The summed E-state index contributed by atoms with van der Waals surface area (Å²) in [5.74, 6) is 0.796. The van der Waals surface area contributed by atoms with Crippen LogP contribution in [0.2, 0.25) is 0 Å². The van der Waals surface area contributed by atoms with Crippen LogP contribution in [0.4, 0.5) is 0 Å². The molecule has 15 heavy (non-hydrogen) atoms. The van der Waals surface area contributed by atoms with Gasteiger partial charge in [-0.05, 0) is 37.1 Å². The normalized spacial score (nSPS) is 28.0. The first kappa shape index (κ1) is 13.0. The van der Waals surface area contributed by atoms with Crippen LogP contribution in [0.1, 0.15) is 52.9 Å². The summed E-state index contributed by atoms with van der Waals surface area (Å²) in [4.78, 5) is 0. The fourth-order valence-corrected chi connectivity index (χ4v) is 2.78. The summed E-state index contributed by atoms with van der Waals surface area (Å²) in [6.45, 7) is 8.32. The first-order valence-corrected chi connectivity index (χ1v) is 6.40. The smallest absolute Gasteiger partial charge is 0.0443 e. The third-order valence-electron chi connectivity index (χ3n) is 3.62. The van der Waals surface area contributed by atoms with E-state index < -0.39 is 0 Å². The van der Waals surface area contributed by atoms with Gasteiger partial charge in [-0.1, -0.05) is 33.6 Å². The number of aliphatic hydroxyl groups is 1. The molecule has 1 fully saturated rings. The lowest BCUT2D eigenvalue weighted by Crippen LogP contribution is -2.44. The number of aliphatic hydroxyl groups excluding tert-OH is 1. The molecule has 0 aromatic carbocycles. The SMILES string of the molecule is CC(C)(C)[C@H]1CCCC[C@@H]1NCCCO. The number of nitrogens with one attached hydrogen (secondary N) is 1. The molecule has 0 aromatic heterocycles. The van der Waals surface area contributed by atoms with Crippen molar-refractivity contribution in [3.63, 3.8) is 0 Å². The Balaban J connectivity index is 2.43. The van der Waals surface area contributed by atoms with E-state index in [1.165, 1.54) is 25.7 Å². The van der Waals surface area contributed by atoms with Crippen molar-refractivity contribution in [1.29, 1.82) is 0 Å². The zero-order valence-electron chi connectivity index (χ0n) is 10.6. The monoisotopic (exact) mass is 213 g/mol. The Labute approximate surface area is 94.5 Å². The zero-order valence-corrected chi connectivity index (χ0v) is 10.6. The number of rotatable bonds is 4. The highest BCUT2D eigenvalue weighted by Gasteiger charge is 2.33. The van der Waals surface area contributed by atoms with Gasteiger partial charge in [0.25, 0.3) is 0 Å². The summed E-state index contributed by atoms with van der Waals surface area (Å²) in [5.41, 5.74) is 0.414. The summed E-state index contributed by atoms with van der Waals surface area (Å²) < 4.78 is 0. The van der Waals surface area contributed by atoms with Crippen molar-refractivity contribution >= 4 is 0 Å². The van der Waals surface area contributed by atoms with Gasteiger partial charge in [-0.3, -0.25) is 0 Å². The zero-order chi connectivity index (χ0) is 11.3. The molecule has 1 aliphatic carbocycles. The molecule has 0 aliphatic heterocycles. The molecule has 1 aliphatic rings. The molecule has 1 saturated carbocycles. The van der Waals surface area contributed by atoms with E-state index in [0.717, 1.165) is 18.9 Å². The molecule has 0 amide bonds. The fourth-order valence-electron chi connectivity index (χ4n) is 2.78. The highest BCUT2D eigenvalue weighted by molar-refractivity contribution is 4.88. The Morgan fingerprint density at radius 2 is 1.87 bits per heavy atom. The topological polar surface area (TPSA) is 32.3 Å². The molecule has 0 radical (unpaired) electrons. The van der Waals surface area contributed by atoms with Crippen LogP contribution < -0.4 is 5.32 Å². The van der Waals surface area contributed by atoms with Crippen LogP contribution in [0.25, 0.3) is 0 Å². The van der Waals surface area contributed by atoms with Crippen molar-refractivity contribution in [2.24, 2.45) is 11.3 Å². The fraction of sp³-hybridized carbons (Fsp3) is 1.00. The van der Waals surface area contributed by atoms with Crippen molar-refractivity contribution in [2.45, 2.75) is 58.9 Å². The lowest BCUT2D eigenvalue weighted by Gasteiger charge is -2.41. The Kier molecular flexibility index (Phi) is 5.07. The Morgan fingerprint density at radius 1 is 1.20 bits per heavy atom. The maximum absolute atomic E-state index is 8.78. The second kappa shape index (κ2) is 5.86. The number of hydrogen-bond donors (Lipinski definition) is 2. The Morgan fingerprint density at radius 3 is 2.47 bits per heavy atom. The van der Waals surface area contributed by atoms with Crippen molar-refractivity contribution in [3.8, 4) is 0 Å². The highest BCUT2D eigenvalue weighted by atomic mass is 16.3. The molecule has 2 N–H and O–H groups in total.